The first-order chi connectivity index (χ1) is 5.91. The Hall–Kier alpha value is -1.25. The monoisotopic (exact) mass is 182 g/mol. The Morgan fingerprint density at radius 1 is 1.38 bits per heavy atom. The average Bonchev–Trinajstić information content (AvgIpc) is 2.02. The summed E-state index contributed by atoms with van der Waals surface area (Å²) >= 11 is 0. The third-order valence-electron chi connectivity index (χ3n) is 1.64. The van der Waals surface area contributed by atoms with Crippen LogP contribution < -0.4 is 5.73 Å². The van der Waals surface area contributed by atoms with Crippen molar-refractivity contribution in [1.82, 2.24) is 0 Å². The average molecular weight is 182 g/mol. The zero-order valence-corrected chi connectivity index (χ0v) is 8.70. The molecule has 0 radical (unpaired) electrons. The predicted molar refractivity (Wildman–Crippen MR) is 56.6 cm³/mol. The highest BCUT2D eigenvalue weighted by atomic mass is 16.3. The maximum atomic E-state index is 9.06. The van der Waals surface area contributed by atoms with Crippen molar-refractivity contribution < 1.29 is 5.11 Å². The van der Waals surface area contributed by atoms with E-state index in [0.717, 1.165) is 5.57 Å². The van der Waals surface area contributed by atoms with Crippen LogP contribution in [0.3, 0.4) is 0 Å². The predicted octanol–water partition coefficient (Wildman–Crippen LogP) is 2.37. The van der Waals surface area contributed by atoms with Crippen LogP contribution in [0.5, 0.6) is 0 Å². The zero-order chi connectivity index (χ0) is 10.5. The van der Waals surface area contributed by atoms with Gasteiger partial charge in [0.1, 0.15) is 0 Å². The van der Waals surface area contributed by atoms with Crippen LogP contribution in [-0.2, 0) is 0 Å². The Balaban J connectivity index is 4.60. The molecule has 0 atom stereocenters. The maximum absolute atomic E-state index is 9.06. The van der Waals surface area contributed by atoms with Gasteiger partial charge in [0.25, 0.3) is 0 Å². The Kier molecular flexibility index (Phi) is 4.25. The molecule has 0 fully saturated rings. The number of aliphatic hydroxyl groups is 1. The molecule has 0 aromatic heterocycles. The number of rotatable bonds is 2. The van der Waals surface area contributed by atoms with Gasteiger partial charge in [0.05, 0.1) is 0 Å². The SMILES string of the molecule is C\C=C(O)/N=C\C(=C/N)C(C)(C)C. The van der Waals surface area contributed by atoms with E-state index in [4.69, 9.17) is 10.8 Å². The van der Waals surface area contributed by atoms with Gasteiger partial charge in [0, 0.05) is 6.21 Å². The minimum absolute atomic E-state index is 0.00333. The molecule has 74 valence electrons. The molecule has 0 bridgehead atoms. The highest BCUT2D eigenvalue weighted by Gasteiger charge is 2.14. The number of hydrogen-bond donors (Lipinski definition) is 2. The Bertz CT molecular complexity index is 244. The molecule has 0 aliphatic heterocycles. The molecule has 0 saturated carbocycles. The van der Waals surface area contributed by atoms with Crippen LogP contribution in [0.15, 0.2) is 28.7 Å². The van der Waals surface area contributed by atoms with Gasteiger partial charge in [-0.1, -0.05) is 20.8 Å². The molecule has 3 nitrogen and oxygen atoms in total. The summed E-state index contributed by atoms with van der Waals surface area (Å²) in [7, 11) is 0. The molecular weight excluding hydrogens is 164 g/mol. The highest BCUT2D eigenvalue weighted by molar-refractivity contribution is 5.80. The minimum atomic E-state index is -0.0493. The van der Waals surface area contributed by atoms with Gasteiger partial charge in [-0.15, -0.1) is 0 Å². The lowest BCUT2D eigenvalue weighted by molar-refractivity contribution is 0.406. The van der Waals surface area contributed by atoms with Crippen molar-refractivity contribution in [2.75, 3.05) is 0 Å². The second kappa shape index (κ2) is 4.70. The molecule has 0 aromatic carbocycles. The van der Waals surface area contributed by atoms with Crippen LogP contribution in [0.4, 0.5) is 0 Å². The summed E-state index contributed by atoms with van der Waals surface area (Å²) in [5, 5.41) is 9.06. The van der Waals surface area contributed by atoms with Crippen molar-refractivity contribution in [2.45, 2.75) is 27.7 Å². The van der Waals surface area contributed by atoms with E-state index in [1.807, 2.05) is 20.8 Å². The minimum Gasteiger partial charge on any atom is -0.494 e. The van der Waals surface area contributed by atoms with E-state index in [-0.39, 0.29) is 11.3 Å². The fourth-order valence-corrected chi connectivity index (χ4v) is 0.697. The van der Waals surface area contributed by atoms with Crippen LogP contribution in [0.2, 0.25) is 0 Å². The smallest absolute Gasteiger partial charge is 0.206 e. The lowest BCUT2D eigenvalue weighted by Crippen LogP contribution is -2.12. The lowest BCUT2D eigenvalue weighted by atomic mass is 9.88. The number of hydrogen-bond acceptors (Lipinski definition) is 3. The third kappa shape index (κ3) is 4.35. The van der Waals surface area contributed by atoms with Crippen LogP contribution in [0, 0.1) is 5.41 Å². The Labute approximate surface area is 79.7 Å². The summed E-state index contributed by atoms with van der Waals surface area (Å²) in [6.45, 7) is 7.81. The standard InChI is InChI=1S/C10H18N2O/c1-5-9(13)12-7-8(6-11)10(2,3)4/h5-7,13H,11H2,1-4H3/b8-6+,9-5+,12-7-. The summed E-state index contributed by atoms with van der Waals surface area (Å²) in [4.78, 5) is 3.82. The van der Waals surface area contributed by atoms with Gasteiger partial charge in [-0.3, -0.25) is 0 Å². The third-order valence-corrected chi connectivity index (χ3v) is 1.64. The van der Waals surface area contributed by atoms with Gasteiger partial charge in [-0.25, -0.2) is 4.99 Å². The second-order valence-corrected chi connectivity index (χ2v) is 3.78. The molecule has 0 aliphatic rings. The molecule has 0 spiro atoms. The largest absolute Gasteiger partial charge is 0.494 e. The fraction of sp³-hybridized carbons (Fsp3) is 0.500. The van der Waals surface area contributed by atoms with E-state index >= 15 is 0 Å². The maximum Gasteiger partial charge on any atom is 0.206 e. The summed E-state index contributed by atoms with van der Waals surface area (Å²) in [6.07, 6.45) is 4.61. The first-order valence-electron chi connectivity index (χ1n) is 4.23. The van der Waals surface area contributed by atoms with Gasteiger partial charge >= 0.3 is 0 Å². The van der Waals surface area contributed by atoms with E-state index in [0.29, 0.717) is 0 Å². The molecule has 13 heavy (non-hydrogen) atoms. The van der Waals surface area contributed by atoms with Crippen molar-refractivity contribution in [3.05, 3.63) is 23.7 Å². The van der Waals surface area contributed by atoms with Crippen molar-refractivity contribution in [2.24, 2.45) is 16.1 Å². The first-order valence-corrected chi connectivity index (χ1v) is 4.23. The summed E-state index contributed by atoms with van der Waals surface area (Å²) < 4.78 is 0. The molecule has 0 heterocycles. The zero-order valence-electron chi connectivity index (χ0n) is 8.70. The summed E-state index contributed by atoms with van der Waals surface area (Å²) in [5.41, 5.74) is 6.27. The quantitative estimate of drug-likeness (QED) is 0.508. The molecule has 3 N–H and O–H groups in total. The Morgan fingerprint density at radius 3 is 2.23 bits per heavy atom. The number of nitrogens with two attached hydrogens (primary N) is 1. The van der Waals surface area contributed by atoms with E-state index in [2.05, 4.69) is 4.99 Å². The van der Waals surface area contributed by atoms with Gasteiger partial charge < -0.3 is 10.8 Å². The van der Waals surface area contributed by atoms with Crippen LogP contribution in [0.25, 0.3) is 0 Å². The lowest BCUT2D eigenvalue weighted by Gasteiger charge is -2.18. The van der Waals surface area contributed by atoms with Crippen molar-refractivity contribution in [3.8, 4) is 0 Å². The molecule has 0 unspecified atom stereocenters. The van der Waals surface area contributed by atoms with Crippen LogP contribution in [-0.4, -0.2) is 11.3 Å². The highest BCUT2D eigenvalue weighted by Crippen LogP contribution is 2.22. The van der Waals surface area contributed by atoms with Crippen LogP contribution >= 0.6 is 0 Å². The molecule has 0 aromatic rings. The number of aliphatic imine (C=N–C) groups is 1. The number of aliphatic hydroxyl groups excluding tert-OH is 1. The first kappa shape index (κ1) is 11.8. The van der Waals surface area contributed by atoms with E-state index in [9.17, 15) is 0 Å². The van der Waals surface area contributed by atoms with E-state index < -0.39 is 0 Å². The van der Waals surface area contributed by atoms with E-state index in [1.165, 1.54) is 12.3 Å². The van der Waals surface area contributed by atoms with Crippen molar-refractivity contribution in [1.29, 1.82) is 0 Å². The van der Waals surface area contributed by atoms with Gasteiger partial charge in [-0.05, 0) is 30.2 Å². The molecule has 0 saturated heterocycles. The second-order valence-electron chi connectivity index (χ2n) is 3.78. The molecular formula is C10H18N2O. The molecule has 0 amide bonds. The molecule has 0 rings (SSSR count). The summed E-state index contributed by atoms with van der Waals surface area (Å²) in [5.74, 6) is 0.00333. The normalized spacial score (nSPS) is 15.4. The topological polar surface area (TPSA) is 58.6 Å². The van der Waals surface area contributed by atoms with Gasteiger partial charge in [0.2, 0.25) is 5.88 Å². The van der Waals surface area contributed by atoms with Crippen molar-refractivity contribution >= 4 is 6.21 Å². The van der Waals surface area contributed by atoms with Gasteiger partial charge in [-0.2, -0.15) is 0 Å². The van der Waals surface area contributed by atoms with Crippen LogP contribution in [0.1, 0.15) is 27.7 Å². The van der Waals surface area contributed by atoms with Gasteiger partial charge in [0.15, 0.2) is 0 Å². The summed E-state index contributed by atoms with van der Waals surface area (Å²) in [6, 6.07) is 0. The van der Waals surface area contributed by atoms with Crippen molar-refractivity contribution in [3.63, 3.8) is 0 Å². The number of allylic oxidation sites excluding steroid dienone is 2. The van der Waals surface area contributed by atoms with E-state index in [1.54, 1.807) is 13.1 Å². The molecule has 3 heteroatoms. The number of nitrogens with zero attached hydrogens (tertiary/aromatic N) is 1. The molecule has 0 aliphatic carbocycles. The fourth-order valence-electron chi connectivity index (χ4n) is 0.697. The Morgan fingerprint density at radius 2 is 1.92 bits per heavy atom.